The van der Waals surface area contributed by atoms with Crippen LogP contribution >= 0.6 is 7.82 Å². The number of aliphatic hydroxyl groups excluding tert-OH is 1. The number of allylic oxidation sites excluding steroid dienone is 19. The molecule has 3 atom stereocenters. The van der Waals surface area contributed by atoms with Crippen molar-refractivity contribution >= 4 is 13.7 Å². The third kappa shape index (κ3) is 46.7. The number of phosphoric ester groups is 1. The predicted octanol–water partition coefficient (Wildman–Crippen LogP) is 13.6. The highest BCUT2D eigenvalue weighted by Gasteiger charge is 2.23. The minimum Gasteiger partial charge on any atom is -0.756 e. The minimum absolute atomic E-state index is 0.0206. The Morgan fingerprint density at radius 3 is 1.48 bits per heavy atom. The van der Waals surface area contributed by atoms with Gasteiger partial charge in [0.25, 0.3) is 7.82 Å². The molecule has 0 saturated heterocycles. The number of likely N-dealkylation sites (N-methyl/N-ethyl adjacent to an activating group) is 1. The van der Waals surface area contributed by atoms with Crippen LogP contribution in [0.5, 0.6) is 0 Å². The second kappa shape index (κ2) is 44.1. The van der Waals surface area contributed by atoms with E-state index in [4.69, 9.17) is 9.05 Å². The lowest BCUT2D eigenvalue weighted by Crippen LogP contribution is -2.45. The number of carbonyl (C=O) groups excluding carboxylic acids is 1. The van der Waals surface area contributed by atoms with Crippen molar-refractivity contribution in [3.05, 3.63) is 122 Å². The average molecular weight is 895 g/mol. The maximum absolute atomic E-state index is 12.9. The van der Waals surface area contributed by atoms with Crippen molar-refractivity contribution in [1.82, 2.24) is 5.32 Å². The maximum Gasteiger partial charge on any atom is 0.268 e. The molecule has 0 aliphatic carbocycles. The smallest absolute Gasteiger partial charge is 0.268 e. The number of phosphoric acid groups is 1. The Kier molecular flexibility index (Phi) is 41.9. The Labute approximate surface area is 386 Å². The molecule has 358 valence electrons. The highest BCUT2D eigenvalue weighted by molar-refractivity contribution is 7.45. The molecule has 0 aromatic heterocycles. The summed E-state index contributed by atoms with van der Waals surface area (Å²) in [6, 6.07) is -0.929. The number of unbranched alkanes of at least 4 members (excludes halogenated alkanes) is 11. The fraction of sp³-hybridized carbons (Fsp3) is 0.611. The van der Waals surface area contributed by atoms with Gasteiger partial charge in [0.15, 0.2) is 0 Å². The molecular formula is C54H91N2O6P. The molecule has 0 aliphatic rings. The Hall–Kier alpha value is -3.10. The number of carbonyl (C=O) groups is 1. The molecule has 0 aromatic carbocycles. The quantitative estimate of drug-likeness (QED) is 0.0273. The van der Waals surface area contributed by atoms with Crippen molar-refractivity contribution in [3.8, 4) is 0 Å². The van der Waals surface area contributed by atoms with Gasteiger partial charge in [0.05, 0.1) is 39.9 Å². The van der Waals surface area contributed by atoms with Crippen LogP contribution in [0.15, 0.2) is 122 Å². The van der Waals surface area contributed by atoms with E-state index in [-0.39, 0.29) is 12.5 Å². The van der Waals surface area contributed by atoms with Gasteiger partial charge in [-0.3, -0.25) is 9.36 Å². The Bertz CT molecular complexity index is 1430. The van der Waals surface area contributed by atoms with Gasteiger partial charge in [-0.05, 0) is 103 Å². The van der Waals surface area contributed by atoms with E-state index < -0.39 is 26.6 Å². The molecule has 9 heteroatoms. The zero-order chi connectivity index (χ0) is 46.4. The van der Waals surface area contributed by atoms with Crippen LogP contribution in [0.1, 0.15) is 162 Å². The first-order valence-electron chi connectivity index (χ1n) is 24.4. The molecule has 0 heterocycles. The summed E-state index contributed by atoms with van der Waals surface area (Å²) in [5.74, 6) is -0.238. The normalized spacial score (nSPS) is 15.2. The van der Waals surface area contributed by atoms with E-state index in [9.17, 15) is 19.4 Å². The molecular weight excluding hydrogens is 804 g/mol. The first-order valence-corrected chi connectivity index (χ1v) is 25.9. The number of nitrogens with zero attached hydrogens (tertiary/aromatic N) is 1. The van der Waals surface area contributed by atoms with Crippen LogP contribution in [0.4, 0.5) is 0 Å². The van der Waals surface area contributed by atoms with Crippen LogP contribution in [0.2, 0.25) is 0 Å². The topological polar surface area (TPSA) is 108 Å². The SMILES string of the molecule is CC/C=C\C/C=C\C/C=C\C/C=C\C/C=C\C/C=C\C/C=C\CCCCCCCC(=O)NC(COP(=O)([O-])OCC[N+](C)(C)C)C(O)/C=C/CC/C=C/CC/C=C/CCCCCC. The highest BCUT2D eigenvalue weighted by atomic mass is 31.2. The molecule has 0 fully saturated rings. The van der Waals surface area contributed by atoms with Crippen molar-refractivity contribution in [1.29, 1.82) is 0 Å². The number of hydrogen-bond acceptors (Lipinski definition) is 6. The molecule has 8 nitrogen and oxygen atoms in total. The van der Waals surface area contributed by atoms with Gasteiger partial charge < -0.3 is 28.8 Å². The van der Waals surface area contributed by atoms with Crippen molar-refractivity contribution in [2.45, 2.75) is 174 Å². The van der Waals surface area contributed by atoms with Gasteiger partial charge in [0, 0.05) is 6.42 Å². The molecule has 0 rings (SSSR count). The predicted molar refractivity (Wildman–Crippen MR) is 269 cm³/mol. The maximum atomic E-state index is 12.9. The van der Waals surface area contributed by atoms with E-state index in [0.717, 1.165) is 116 Å². The van der Waals surface area contributed by atoms with Crippen molar-refractivity contribution in [2.24, 2.45) is 0 Å². The molecule has 2 N–H and O–H groups in total. The van der Waals surface area contributed by atoms with Crippen LogP contribution in [0.25, 0.3) is 0 Å². The van der Waals surface area contributed by atoms with Crippen LogP contribution in [0, 0.1) is 0 Å². The summed E-state index contributed by atoms with van der Waals surface area (Å²) in [5.41, 5.74) is 0. The number of quaternary nitrogens is 1. The Balaban J connectivity index is 4.42. The third-order valence-corrected chi connectivity index (χ3v) is 10.8. The van der Waals surface area contributed by atoms with Crippen molar-refractivity contribution in [2.75, 3.05) is 40.9 Å². The zero-order valence-corrected chi connectivity index (χ0v) is 41.4. The molecule has 0 saturated carbocycles. The fourth-order valence-electron chi connectivity index (χ4n) is 6.04. The van der Waals surface area contributed by atoms with Crippen LogP contribution in [-0.4, -0.2) is 68.5 Å². The Morgan fingerprint density at radius 1 is 0.571 bits per heavy atom. The zero-order valence-electron chi connectivity index (χ0n) is 40.5. The van der Waals surface area contributed by atoms with Gasteiger partial charge in [0.2, 0.25) is 5.91 Å². The average Bonchev–Trinajstić information content (AvgIpc) is 3.24. The summed E-state index contributed by atoms with van der Waals surface area (Å²) in [5, 5.41) is 13.8. The first-order chi connectivity index (χ1) is 30.5. The summed E-state index contributed by atoms with van der Waals surface area (Å²) in [7, 11) is 1.20. The second-order valence-electron chi connectivity index (χ2n) is 17.1. The third-order valence-electron chi connectivity index (χ3n) is 9.88. The molecule has 0 spiro atoms. The van der Waals surface area contributed by atoms with E-state index in [0.29, 0.717) is 17.4 Å². The molecule has 1 amide bonds. The number of amides is 1. The lowest BCUT2D eigenvalue weighted by Gasteiger charge is -2.29. The van der Waals surface area contributed by atoms with Gasteiger partial charge in [-0.2, -0.15) is 0 Å². The lowest BCUT2D eigenvalue weighted by molar-refractivity contribution is -0.870. The van der Waals surface area contributed by atoms with Gasteiger partial charge in [-0.15, -0.1) is 0 Å². The van der Waals surface area contributed by atoms with E-state index >= 15 is 0 Å². The van der Waals surface area contributed by atoms with E-state index in [1.165, 1.54) is 25.7 Å². The second-order valence-corrected chi connectivity index (χ2v) is 18.5. The Morgan fingerprint density at radius 2 is 0.984 bits per heavy atom. The largest absolute Gasteiger partial charge is 0.756 e. The fourth-order valence-corrected chi connectivity index (χ4v) is 6.77. The summed E-state index contributed by atoms with van der Waals surface area (Å²) in [4.78, 5) is 25.4. The highest BCUT2D eigenvalue weighted by Crippen LogP contribution is 2.38. The first kappa shape index (κ1) is 59.9. The number of nitrogens with one attached hydrogen (secondary N) is 1. The summed E-state index contributed by atoms with van der Waals surface area (Å²) < 4.78 is 23.2. The van der Waals surface area contributed by atoms with E-state index in [1.807, 2.05) is 27.2 Å². The van der Waals surface area contributed by atoms with Crippen LogP contribution < -0.4 is 10.2 Å². The summed E-state index contributed by atoms with van der Waals surface area (Å²) in [6.45, 7) is 4.43. The van der Waals surface area contributed by atoms with Crippen molar-refractivity contribution in [3.63, 3.8) is 0 Å². The summed E-state index contributed by atoms with van der Waals surface area (Å²) in [6.07, 6.45) is 65.4. The molecule has 63 heavy (non-hydrogen) atoms. The molecule has 3 unspecified atom stereocenters. The van der Waals surface area contributed by atoms with E-state index in [1.54, 1.807) is 6.08 Å². The number of aliphatic hydroxyl groups is 1. The molecule has 0 radical (unpaired) electrons. The monoisotopic (exact) mass is 895 g/mol. The van der Waals surface area contributed by atoms with Gasteiger partial charge in [-0.25, -0.2) is 0 Å². The molecule has 0 bridgehead atoms. The van der Waals surface area contributed by atoms with Crippen molar-refractivity contribution < 1.29 is 32.9 Å². The molecule has 0 aliphatic heterocycles. The number of rotatable bonds is 42. The number of hydrogen-bond donors (Lipinski definition) is 2. The van der Waals surface area contributed by atoms with Gasteiger partial charge in [-0.1, -0.05) is 174 Å². The summed E-state index contributed by atoms with van der Waals surface area (Å²) >= 11 is 0. The van der Waals surface area contributed by atoms with E-state index in [2.05, 4.69) is 129 Å². The van der Waals surface area contributed by atoms with Gasteiger partial charge >= 0.3 is 0 Å². The minimum atomic E-state index is -4.62. The van der Waals surface area contributed by atoms with Gasteiger partial charge in [0.1, 0.15) is 13.2 Å². The van der Waals surface area contributed by atoms with Crippen LogP contribution in [0.3, 0.4) is 0 Å². The standard InChI is InChI=1S/C54H91N2O6P/c1-6-8-10-12-14-16-18-20-22-23-24-25-26-27-28-29-30-31-32-33-34-36-38-40-42-44-46-48-54(58)55-52(51-62-63(59,60)61-50-49-56(3,4)5)53(57)47-45-43-41-39-37-35-21-19-17-15-13-11-9-7-2/h8,10,14,16-17,19-20,22,24-25,27-28,30-31,33-34,37,39,45,47,52-53,57H,6-7,9,11-13,15,18,21,23,26,29,32,35-36,38,40-44,46,48-51H2,1-5H3,(H-,55,58,59,60)/b10-8-,16-14-,19-17+,22-20-,25-24-,28-27-,31-30-,34-33-,39-37+,47-45+. The lowest BCUT2D eigenvalue weighted by atomic mass is 10.1. The van der Waals surface area contributed by atoms with Crippen LogP contribution in [-0.2, 0) is 18.4 Å². The molecule has 0 aromatic rings.